The molecular formula is C15H19BrN2O3. The molecule has 1 heterocycles. The molecule has 0 aliphatic carbocycles. The van der Waals surface area contributed by atoms with Crippen LogP contribution in [0.1, 0.15) is 18.4 Å². The molecule has 1 aliphatic rings. The van der Waals surface area contributed by atoms with Crippen molar-refractivity contribution >= 4 is 33.5 Å². The third-order valence-electron chi connectivity index (χ3n) is 3.70. The molecule has 0 radical (unpaired) electrons. The Balaban J connectivity index is 1.84. The summed E-state index contributed by atoms with van der Waals surface area (Å²) >= 11 is 3.43. The van der Waals surface area contributed by atoms with Gasteiger partial charge in [-0.1, -0.05) is 6.07 Å². The maximum Gasteiger partial charge on any atom is 0.306 e. The second-order valence-electron chi connectivity index (χ2n) is 5.42. The van der Waals surface area contributed by atoms with Gasteiger partial charge in [0.2, 0.25) is 5.91 Å². The van der Waals surface area contributed by atoms with Gasteiger partial charge in [-0.2, -0.15) is 0 Å². The zero-order chi connectivity index (χ0) is 15.4. The first-order valence-corrected chi connectivity index (χ1v) is 7.76. The molecule has 0 spiro atoms. The zero-order valence-corrected chi connectivity index (χ0v) is 13.5. The highest BCUT2D eigenvalue weighted by Crippen LogP contribution is 2.23. The number of halogens is 1. The van der Waals surface area contributed by atoms with Crippen LogP contribution in [0.5, 0.6) is 0 Å². The van der Waals surface area contributed by atoms with E-state index in [2.05, 4.69) is 21.2 Å². The van der Waals surface area contributed by atoms with E-state index < -0.39 is 5.97 Å². The number of amides is 1. The second-order valence-corrected chi connectivity index (χ2v) is 6.27. The molecule has 0 aromatic heterocycles. The van der Waals surface area contributed by atoms with Crippen LogP contribution in [-0.4, -0.2) is 41.5 Å². The number of benzene rings is 1. The first-order chi connectivity index (χ1) is 9.95. The Morgan fingerprint density at radius 2 is 2.05 bits per heavy atom. The fraction of sp³-hybridized carbons (Fsp3) is 0.467. The lowest BCUT2D eigenvalue weighted by Crippen LogP contribution is -2.40. The van der Waals surface area contributed by atoms with Crippen LogP contribution >= 0.6 is 15.9 Å². The number of hydrogen-bond donors (Lipinski definition) is 2. The van der Waals surface area contributed by atoms with Gasteiger partial charge in [-0.25, -0.2) is 0 Å². The van der Waals surface area contributed by atoms with Crippen LogP contribution in [0.4, 0.5) is 5.69 Å². The first-order valence-electron chi connectivity index (χ1n) is 6.97. The Hall–Kier alpha value is -1.40. The summed E-state index contributed by atoms with van der Waals surface area (Å²) in [6.07, 6.45) is 1.22. The van der Waals surface area contributed by atoms with Crippen molar-refractivity contribution in [1.29, 1.82) is 0 Å². The minimum atomic E-state index is -0.734. The molecule has 21 heavy (non-hydrogen) atoms. The first kappa shape index (κ1) is 16.0. The minimum Gasteiger partial charge on any atom is -0.481 e. The maximum absolute atomic E-state index is 12.0. The van der Waals surface area contributed by atoms with Crippen molar-refractivity contribution in [2.24, 2.45) is 5.92 Å². The SMILES string of the molecule is Cc1ccc(NC(=O)CN2CCC(C(=O)O)CC2)c(Br)c1. The number of rotatable bonds is 4. The highest BCUT2D eigenvalue weighted by Gasteiger charge is 2.25. The van der Waals surface area contributed by atoms with Gasteiger partial charge in [-0.15, -0.1) is 0 Å². The van der Waals surface area contributed by atoms with E-state index >= 15 is 0 Å². The molecule has 0 atom stereocenters. The Morgan fingerprint density at radius 1 is 1.38 bits per heavy atom. The second kappa shape index (κ2) is 7.04. The van der Waals surface area contributed by atoms with E-state index in [-0.39, 0.29) is 11.8 Å². The predicted molar refractivity (Wildman–Crippen MR) is 84.3 cm³/mol. The van der Waals surface area contributed by atoms with E-state index in [0.717, 1.165) is 15.7 Å². The maximum atomic E-state index is 12.0. The van der Waals surface area contributed by atoms with E-state index in [4.69, 9.17) is 5.11 Å². The normalized spacial score (nSPS) is 16.7. The average Bonchev–Trinajstić information content (AvgIpc) is 2.42. The molecule has 1 saturated heterocycles. The van der Waals surface area contributed by atoms with E-state index in [0.29, 0.717) is 32.5 Å². The highest BCUT2D eigenvalue weighted by atomic mass is 79.9. The van der Waals surface area contributed by atoms with Crippen LogP contribution in [0.3, 0.4) is 0 Å². The van der Waals surface area contributed by atoms with Crippen molar-refractivity contribution in [3.8, 4) is 0 Å². The van der Waals surface area contributed by atoms with Gasteiger partial charge >= 0.3 is 5.97 Å². The molecule has 2 rings (SSSR count). The van der Waals surface area contributed by atoms with Crippen molar-refractivity contribution in [1.82, 2.24) is 4.90 Å². The lowest BCUT2D eigenvalue weighted by Gasteiger charge is -2.29. The monoisotopic (exact) mass is 354 g/mol. The van der Waals surface area contributed by atoms with Crippen LogP contribution in [-0.2, 0) is 9.59 Å². The van der Waals surface area contributed by atoms with Gasteiger partial charge < -0.3 is 10.4 Å². The standard InChI is InChI=1S/C15H19BrN2O3/c1-10-2-3-13(12(16)8-10)17-14(19)9-18-6-4-11(5-7-18)15(20)21/h2-3,8,11H,4-7,9H2,1H3,(H,17,19)(H,20,21). The van der Waals surface area contributed by atoms with Gasteiger partial charge in [0.15, 0.2) is 0 Å². The van der Waals surface area contributed by atoms with Crippen molar-refractivity contribution < 1.29 is 14.7 Å². The minimum absolute atomic E-state index is 0.0756. The summed E-state index contributed by atoms with van der Waals surface area (Å²) in [6.45, 7) is 3.59. The van der Waals surface area contributed by atoms with Crippen molar-refractivity contribution in [2.45, 2.75) is 19.8 Å². The zero-order valence-electron chi connectivity index (χ0n) is 11.9. The summed E-state index contributed by atoms with van der Waals surface area (Å²) < 4.78 is 0.862. The van der Waals surface area contributed by atoms with E-state index in [9.17, 15) is 9.59 Å². The van der Waals surface area contributed by atoms with Gasteiger partial charge in [-0.3, -0.25) is 14.5 Å². The van der Waals surface area contributed by atoms with Gasteiger partial charge in [0.25, 0.3) is 0 Å². The highest BCUT2D eigenvalue weighted by molar-refractivity contribution is 9.10. The van der Waals surface area contributed by atoms with Gasteiger partial charge in [0.05, 0.1) is 18.2 Å². The molecule has 6 heteroatoms. The summed E-state index contributed by atoms with van der Waals surface area (Å²) in [6, 6.07) is 5.76. The smallest absolute Gasteiger partial charge is 0.306 e. The third kappa shape index (κ3) is 4.54. The lowest BCUT2D eigenvalue weighted by molar-refractivity contribution is -0.143. The third-order valence-corrected chi connectivity index (χ3v) is 4.36. The molecule has 0 saturated carbocycles. The number of carbonyl (C=O) groups excluding carboxylic acids is 1. The Bertz CT molecular complexity index is 540. The molecule has 1 aliphatic heterocycles. The largest absolute Gasteiger partial charge is 0.481 e. The molecular weight excluding hydrogens is 336 g/mol. The topological polar surface area (TPSA) is 69.6 Å². The number of anilines is 1. The van der Waals surface area contributed by atoms with Gasteiger partial charge in [0.1, 0.15) is 0 Å². The number of carboxylic acids is 1. The van der Waals surface area contributed by atoms with Crippen LogP contribution in [0.25, 0.3) is 0 Å². The Morgan fingerprint density at radius 3 is 2.62 bits per heavy atom. The Kier molecular flexibility index (Phi) is 5.36. The molecule has 2 N–H and O–H groups in total. The van der Waals surface area contributed by atoms with Gasteiger partial charge in [0, 0.05) is 4.47 Å². The van der Waals surface area contributed by atoms with Crippen LogP contribution in [0.2, 0.25) is 0 Å². The number of carbonyl (C=O) groups is 2. The van der Waals surface area contributed by atoms with Gasteiger partial charge in [-0.05, 0) is 66.5 Å². The average molecular weight is 355 g/mol. The number of aliphatic carboxylic acids is 1. The Labute approximate surface area is 132 Å². The summed E-state index contributed by atoms with van der Waals surface area (Å²) in [5.74, 6) is -1.08. The summed E-state index contributed by atoms with van der Waals surface area (Å²) in [7, 11) is 0. The number of likely N-dealkylation sites (tertiary alicyclic amines) is 1. The summed E-state index contributed by atoms with van der Waals surface area (Å²) in [5, 5.41) is 11.8. The number of piperidine rings is 1. The lowest BCUT2D eigenvalue weighted by atomic mass is 9.97. The summed E-state index contributed by atoms with van der Waals surface area (Å²) in [4.78, 5) is 24.9. The molecule has 0 bridgehead atoms. The van der Waals surface area contributed by atoms with Crippen LogP contribution in [0.15, 0.2) is 22.7 Å². The van der Waals surface area contributed by atoms with E-state index in [1.165, 1.54) is 0 Å². The van der Waals surface area contributed by atoms with E-state index in [1.807, 2.05) is 30.0 Å². The molecule has 114 valence electrons. The number of hydrogen-bond acceptors (Lipinski definition) is 3. The molecule has 1 aromatic carbocycles. The molecule has 0 unspecified atom stereocenters. The van der Waals surface area contributed by atoms with Crippen molar-refractivity contribution in [3.05, 3.63) is 28.2 Å². The number of carboxylic acid groups (broad SMARTS) is 1. The summed E-state index contributed by atoms with van der Waals surface area (Å²) in [5.41, 5.74) is 1.88. The van der Waals surface area contributed by atoms with Crippen molar-refractivity contribution in [2.75, 3.05) is 25.0 Å². The molecule has 1 fully saturated rings. The fourth-order valence-corrected chi connectivity index (χ4v) is 3.04. The van der Waals surface area contributed by atoms with Crippen LogP contribution < -0.4 is 5.32 Å². The quantitative estimate of drug-likeness (QED) is 0.871. The molecule has 1 amide bonds. The number of aryl methyl sites for hydroxylation is 1. The molecule has 1 aromatic rings. The van der Waals surface area contributed by atoms with E-state index in [1.54, 1.807) is 0 Å². The predicted octanol–water partition coefficient (Wildman–Crippen LogP) is 2.49. The molecule has 5 nitrogen and oxygen atoms in total. The number of nitrogens with one attached hydrogen (secondary N) is 1. The number of nitrogens with zero attached hydrogens (tertiary/aromatic N) is 1. The van der Waals surface area contributed by atoms with Crippen molar-refractivity contribution in [3.63, 3.8) is 0 Å². The fourth-order valence-electron chi connectivity index (χ4n) is 2.45. The van der Waals surface area contributed by atoms with Crippen LogP contribution in [0, 0.1) is 12.8 Å².